The lowest BCUT2D eigenvalue weighted by Gasteiger charge is -2.36. The zero-order valence-electron chi connectivity index (χ0n) is 25.1. The van der Waals surface area contributed by atoms with Crippen LogP contribution >= 0.6 is 11.6 Å². The van der Waals surface area contributed by atoms with Gasteiger partial charge in [-0.05, 0) is 79.8 Å². The van der Waals surface area contributed by atoms with Crippen LogP contribution in [0.15, 0.2) is 65.6 Å². The number of halogens is 5. The quantitative estimate of drug-likeness (QED) is 0.199. The van der Waals surface area contributed by atoms with Crippen molar-refractivity contribution in [1.29, 1.82) is 0 Å². The summed E-state index contributed by atoms with van der Waals surface area (Å²) < 4.78 is 90.2. The number of aliphatic carboxylic acids is 1. The van der Waals surface area contributed by atoms with Crippen LogP contribution < -0.4 is 9.04 Å². The molecule has 5 rings (SSSR count). The molecule has 14 heteroatoms. The van der Waals surface area contributed by atoms with Gasteiger partial charge in [0.2, 0.25) is 5.91 Å². The fourth-order valence-corrected chi connectivity index (χ4v) is 7.63. The second-order valence-corrected chi connectivity index (χ2v) is 13.8. The first-order chi connectivity index (χ1) is 22.1. The topological polar surface area (TPSA) is 104 Å². The molecular formula is C33H31ClF4N2O6S. The minimum Gasteiger partial charge on any atom is -0.486 e. The van der Waals surface area contributed by atoms with Crippen molar-refractivity contribution >= 4 is 50.8 Å². The van der Waals surface area contributed by atoms with Gasteiger partial charge in [0.05, 0.1) is 33.6 Å². The van der Waals surface area contributed by atoms with E-state index in [1.54, 1.807) is 24.0 Å². The number of carbonyl (C=O) groups is 2. The molecule has 0 saturated carbocycles. The molecule has 47 heavy (non-hydrogen) atoms. The van der Waals surface area contributed by atoms with E-state index in [0.29, 0.717) is 30.0 Å². The number of amides is 1. The van der Waals surface area contributed by atoms with Gasteiger partial charge in [-0.25, -0.2) is 12.8 Å². The number of rotatable bonds is 8. The van der Waals surface area contributed by atoms with Gasteiger partial charge in [-0.3, -0.25) is 13.9 Å². The van der Waals surface area contributed by atoms with Gasteiger partial charge in [0, 0.05) is 25.1 Å². The number of anilines is 1. The Balaban J connectivity index is 1.46. The number of benzene rings is 3. The van der Waals surface area contributed by atoms with E-state index in [9.17, 15) is 40.7 Å². The van der Waals surface area contributed by atoms with Gasteiger partial charge in [0.1, 0.15) is 17.7 Å². The highest BCUT2D eigenvalue weighted by Gasteiger charge is 2.37. The molecule has 0 spiro atoms. The number of hydrogen-bond donors (Lipinski definition) is 1. The van der Waals surface area contributed by atoms with E-state index in [-0.39, 0.29) is 60.4 Å². The minimum atomic E-state index is -4.78. The van der Waals surface area contributed by atoms with Crippen LogP contribution in [0.5, 0.6) is 5.75 Å². The lowest BCUT2D eigenvalue weighted by atomic mass is 9.97. The Morgan fingerprint density at radius 2 is 1.77 bits per heavy atom. The van der Waals surface area contributed by atoms with Crippen LogP contribution in [0.25, 0.3) is 11.6 Å². The average Bonchev–Trinajstić information content (AvgIpc) is 3.03. The fourth-order valence-electron chi connectivity index (χ4n) is 5.77. The molecule has 1 saturated heterocycles. The molecule has 3 aromatic carbocycles. The number of allylic oxidation sites excluding steroid dienone is 1. The van der Waals surface area contributed by atoms with Gasteiger partial charge < -0.3 is 14.7 Å². The van der Waals surface area contributed by atoms with Gasteiger partial charge in [-0.15, -0.1) is 0 Å². The minimum absolute atomic E-state index is 0.0153. The number of hydrogen-bond acceptors (Lipinski definition) is 5. The summed E-state index contributed by atoms with van der Waals surface area (Å²) in [5, 5.41) is 9.40. The fraction of sp³-hybridized carbons (Fsp3) is 0.333. The molecule has 2 aliphatic heterocycles. The lowest BCUT2D eigenvalue weighted by Crippen LogP contribution is -2.45. The molecule has 0 radical (unpaired) electrons. The SMILES string of the molecule is C/C(=C\c1ccc2c(c1)N(S(=O)(=O)c1cccc(C(F)(F)F)c1)C[C@H](CCC(=O)N1CCC(C(=O)O)CC1)O2)c1c(F)cccc1Cl. The van der Waals surface area contributed by atoms with E-state index in [1.807, 2.05) is 0 Å². The largest absolute Gasteiger partial charge is 0.486 e. The summed E-state index contributed by atoms with van der Waals surface area (Å²) in [6.45, 7) is 1.90. The Morgan fingerprint density at radius 3 is 2.43 bits per heavy atom. The van der Waals surface area contributed by atoms with Crippen molar-refractivity contribution in [2.45, 2.75) is 49.8 Å². The van der Waals surface area contributed by atoms with E-state index in [4.69, 9.17) is 16.3 Å². The number of carboxylic acids is 1. The Bertz CT molecular complexity index is 1800. The van der Waals surface area contributed by atoms with Crippen molar-refractivity contribution in [2.75, 3.05) is 23.9 Å². The number of nitrogens with zero attached hydrogens (tertiary/aromatic N) is 2. The lowest BCUT2D eigenvalue weighted by molar-refractivity contribution is -0.145. The third-order valence-corrected chi connectivity index (χ3v) is 10.4. The molecule has 2 heterocycles. The predicted molar refractivity (Wildman–Crippen MR) is 168 cm³/mol. The molecule has 0 aromatic heterocycles. The number of fused-ring (bicyclic) bond motifs is 1. The van der Waals surface area contributed by atoms with E-state index in [1.165, 1.54) is 30.3 Å². The van der Waals surface area contributed by atoms with Crippen molar-refractivity contribution in [1.82, 2.24) is 4.90 Å². The first kappa shape index (κ1) is 34.2. The highest BCUT2D eigenvalue weighted by molar-refractivity contribution is 7.92. The maximum Gasteiger partial charge on any atom is 0.416 e. The van der Waals surface area contributed by atoms with E-state index in [2.05, 4.69) is 0 Å². The summed E-state index contributed by atoms with van der Waals surface area (Å²) in [5.41, 5.74) is -0.0157. The normalized spacial score (nSPS) is 17.7. The molecule has 1 amide bonds. The molecule has 3 aromatic rings. The van der Waals surface area contributed by atoms with Gasteiger partial charge in [-0.2, -0.15) is 13.2 Å². The van der Waals surface area contributed by atoms with Crippen molar-refractivity contribution in [3.05, 3.63) is 88.2 Å². The number of piperidine rings is 1. The average molecular weight is 695 g/mol. The Kier molecular flexibility index (Phi) is 9.88. The van der Waals surface area contributed by atoms with E-state index < -0.39 is 50.5 Å². The molecule has 1 atom stereocenters. The second kappa shape index (κ2) is 13.6. The monoisotopic (exact) mass is 694 g/mol. The molecule has 1 fully saturated rings. The summed E-state index contributed by atoms with van der Waals surface area (Å²) in [6, 6.07) is 12.3. The van der Waals surface area contributed by atoms with Crippen molar-refractivity contribution < 1.29 is 45.4 Å². The molecule has 1 N–H and O–H groups in total. The molecule has 250 valence electrons. The zero-order valence-corrected chi connectivity index (χ0v) is 26.7. The number of likely N-dealkylation sites (tertiary alicyclic amines) is 1. The highest BCUT2D eigenvalue weighted by Crippen LogP contribution is 2.40. The summed E-state index contributed by atoms with van der Waals surface area (Å²) in [5.74, 6) is -2.08. The van der Waals surface area contributed by atoms with Gasteiger partial charge in [-0.1, -0.05) is 35.9 Å². The van der Waals surface area contributed by atoms with Crippen LogP contribution in [-0.2, 0) is 25.8 Å². The first-order valence-electron chi connectivity index (χ1n) is 14.8. The molecule has 0 aliphatic carbocycles. The third kappa shape index (κ3) is 7.57. The molecule has 2 aliphatic rings. The number of carboxylic acid groups (broad SMARTS) is 1. The zero-order chi connectivity index (χ0) is 34.1. The van der Waals surface area contributed by atoms with Crippen molar-refractivity contribution in [2.24, 2.45) is 5.92 Å². The summed E-state index contributed by atoms with van der Waals surface area (Å²) in [6.07, 6.45) is -3.27. The van der Waals surface area contributed by atoms with Crippen LogP contribution in [0.2, 0.25) is 5.02 Å². The molecule has 0 bridgehead atoms. The summed E-state index contributed by atoms with van der Waals surface area (Å²) in [4.78, 5) is 25.2. The summed E-state index contributed by atoms with van der Waals surface area (Å²) >= 11 is 6.22. The van der Waals surface area contributed by atoms with Crippen molar-refractivity contribution in [3.8, 4) is 5.75 Å². The number of carbonyl (C=O) groups excluding carboxylic acids is 1. The standard InChI is InChI=1S/C33H31ClF4N2O6S/c1-20(31-26(34)6-3-7-27(31)35)16-21-8-10-29-28(17-21)40(47(44,45)25-5-2-4-23(18-25)33(36,37)38)19-24(46-29)9-11-30(41)39-14-12-22(13-15-39)32(42)43/h2-8,10,16-18,22,24H,9,11-15,19H2,1H3,(H,42,43)/b20-16+/t24-/m0/s1. The number of sulfonamides is 1. The van der Waals surface area contributed by atoms with E-state index in [0.717, 1.165) is 22.5 Å². The van der Waals surface area contributed by atoms with Crippen LogP contribution in [0.1, 0.15) is 49.3 Å². The number of alkyl halides is 3. The predicted octanol–water partition coefficient (Wildman–Crippen LogP) is 7.12. The van der Waals surface area contributed by atoms with Crippen LogP contribution in [0.3, 0.4) is 0 Å². The Hall–Kier alpha value is -4.10. The summed E-state index contributed by atoms with van der Waals surface area (Å²) in [7, 11) is -4.57. The van der Waals surface area contributed by atoms with Crippen LogP contribution in [0, 0.1) is 11.7 Å². The maximum atomic E-state index is 14.6. The highest BCUT2D eigenvalue weighted by atomic mass is 35.5. The van der Waals surface area contributed by atoms with Gasteiger partial charge in [0.15, 0.2) is 0 Å². The third-order valence-electron chi connectivity index (χ3n) is 8.28. The van der Waals surface area contributed by atoms with Crippen molar-refractivity contribution in [3.63, 3.8) is 0 Å². The van der Waals surface area contributed by atoms with E-state index >= 15 is 0 Å². The van der Waals surface area contributed by atoms with Crippen LogP contribution in [-0.4, -0.2) is 56.0 Å². The van der Waals surface area contributed by atoms with Gasteiger partial charge in [0.25, 0.3) is 10.0 Å². The Labute approximate surface area is 274 Å². The smallest absolute Gasteiger partial charge is 0.416 e. The Morgan fingerprint density at radius 1 is 1.06 bits per heavy atom. The van der Waals surface area contributed by atoms with Gasteiger partial charge >= 0.3 is 12.1 Å². The molecular weight excluding hydrogens is 664 g/mol. The number of ether oxygens (including phenoxy) is 1. The molecule has 0 unspecified atom stereocenters. The van der Waals surface area contributed by atoms with Crippen LogP contribution in [0.4, 0.5) is 23.2 Å². The molecule has 8 nitrogen and oxygen atoms in total. The second-order valence-electron chi connectivity index (χ2n) is 11.5. The first-order valence-corrected chi connectivity index (χ1v) is 16.6. The maximum absolute atomic E-state index is 14.6.